The zero-order valence-corrected chi connectivity index (χ0v) is 12.4. The fourth-order valence-electron chi connectivity index (χ4n) is 1.84. The van der Waals surface area contributed by atoms with Crippen molar-refractivity contribution in [2.75, 3.05) is 27.2 Å². The Balaban J connectivity index is 1.71. The minimum Gasteiger partial charge on any atom is -0.337 e. The number of nitrogens with one attached hydrogen (secondary N) is 2. The van der Waals surface area contributed by atoms with Crippen LogP contribution in [-0.4, -0.2) is 47.9 Å². The first-order valence-corrected chi connectivity index (χ1v) is 6.91. The van der Waals surface area contributed by atoms with Crippen molar-refractivity contribution < 1.29 is 4.79 Å². The molecule has 21 heavy (non-hydrogen) atoms. The fraction of sp³-hybridized carbons (Fsp3) is 0.333. The van der Waals surface area contributed by atoms with Gasteiger partial charge in [-0.15, -0.1) is 0 Å². The van der Waals surface area contributed by atoms with Crippen LogP contribution in [0.15, 0.2) is 42.7 Å². The summed E-state index contributed by atoms with van der Waals surface area (Å²) in [5.74, 6) is 0. The van der Waals surface area contributed by atoms with E-state index in [9.17, 15) is 4.79 Å². The summed E-state index contributed by atoms with van der Waals surface area (Å²) in [6.07, 6.45) is 3.68. The van der Waals surface area contributed by atoms with Crippen LogP contribution < -0.4 is 10.6 Å². The van der Waals surface area contributed by atoms with Crippen LogP contribution in [0.1, 0.15) is 5.56 Å². The third kappa shape index (κ3) is 4.61. The van der Waals surface area contributed by atoms with Gasteiger partial charge < -0.3 is 15.5 Å². The van der Waals surface area contributed by atoms with Gasteiger partial charge in [0.1, 0.15) is 0 Å². The molecule has 2 amide bonds. The van der Waals surface area contributed by atoms with Crippen molar-refractivity contribution in [3.05, 3.63) is 48.3 Å². The van der Waals surface area contributed by atoms with Gasteiger partial charge in [-0.3, -0.25) is 0 Å². The number of hydrogen-bond acceptors (Lipinski definition) is 3. The van der Waals surface area contributed by atoms with Gasteiger partial charge in [0.05, 0.1) is 5.69 Å². The van der Waals surface area contributed by atoms with Crippen molar-refractivity contribution in [1.82, 2.24) is 25.3 Å². The summed E-state index contributed by atoms with van der Waals surface area (Å²) in [7, 11) is 3.45. The van der Waals surface area contributed by atoms with Gasteiger partial charge >= 0.3 is 6.03 Å². The molecule has 0 aliphatic heterocycles. The first kappa shape index (κ1) is 15.1. The first-order chi connectivity index (χ1) is 10.2. The summed E-state index contributed by atoms with van der Waals surface area (Å²) in [6.45, 7) is 2.13. The van der Waals surface area contributed by atoms with Crippen LogP contribution in [0.4, 0.5) is 4.79 Å². The van der Waals surface area contributed by atoms with E-state index in [1.54, 1.807) is 20.3 Å². The average molecular weight is 287 g/mol. The molecule has 2 aromatic rings. The summed E-state index contributed by atoms with van der Waals surface area (Å²) in [6, 6.07) is 10.1. The fourth-order valence-corrected chi connectivity index (χ4v) is 1.84. The Hall–Kier alpha value is -2.34. The SMILES string of the molecule is CN(C)C(=O)NCCNCc1ccc(-n2cccn2)cc1. The lowest BCUT2D eigenvalue weighted by Crippen LogP contribution is -2.38. The quantitative estimate of drug-likeness (QED) is 0.786. The van der Waals surface area contributed by atoms with E-state index in [4.69, 9.17) is 0 Å². The van der Waals surface area contributed by atoms with Gasteiger partial charge in [-0.1, -0.05) is 12.1 Å². The topological polar surface area (TPSA) is 62.2 Å². The number of carbonyl (C=O) groups is 1. The van der Waals surface area contributed by atoms with Gasteiger partial charge in [0.2, 0.25) is 0 Å². The van der Waals surface area contributed by atoms with Gasteiger partial charge in [0.15, 0.2) is 0 Å². The van der Waals surface area contributed by atoms with Crippen LogP contribution in [0.5, 0.6) is 0 Å². The molecule has 6 heteroatoms. The molecule has 0 unspecified atom stereocenters. The number of aromatic nitrogens is 2. The van der Waals surface area contributed by atoms with Crippen molar-refractivity contribution in [3.8, 4) is 5.69 Å². The standard InChI is InChI=1S/C15H21N5O/c1-19(2)15(21)17-10-9-16-12-13-4-6-14(7-5-13)20-11-3-8-18-20/h3-8,11,16H,9-10,12H2,1-2H3,(H,17,21). The predicted molar refractivity (Wildman–Crippen MR) is 82.4 cm³/mol. The van der Waals surface area contributed by atoms with Crippen molar-refractivity contribution in [2.45, 2.75) is 6.54 Å². The lowest BCUT2D eigenvalue weighted by molar-refractivity contribution is 0.217. The molecule has 0 aliphatic rings. The van der Waals surface area contributed by atoms with Gasteiger partial charge in [-0.05, 0) is 23.8 Å². The third-order valence-corrected chi connectivity index (χ3v) is 3.02. The molecule has 0 bridgehead atoms. The number of rotatable bonds is 6. The van der Waals surface area contributed by atoms with Crippen LogP contribution in [0, 0.1) is 0 Å². The third-order valence-electron chi connectivity index (χ3n) is 3.02. The van der Waals surface area contributed by atoms with Gasteiger partial charge in [0.25, 0.3) is 0 Å². The molecule has 0 saturated heterocycles. The second kappa shape index (κ2) is 7.44. The number of hydrogen-bond donors (Lipinski definition) is 2. The number of benzene rings is 1. The highest BCUT2D eigenvalue weighted by Gasteiger charge is 2.01. The molecule has 6 nitrogen and oxygen atoms in total. The van der Waals surface area contributed by atoms with Crippen molar-refractivity contribution in [1.29, 1.82) is 0 Å². The van der Waals surface area contributed by atoms with Crippen LogP contribution >= 0.6 is 0 Å². The predicted octanol–water partition coefficient (Wildman–Crippen LogP) is 1.23. The monoisotopic (exact) mass is 287 g/mol. The molecule has 0 radical (unpaired) electrons. The highest BCUT2D eigenvalue weighted by molar-refractivity contribution is 5.73. The molecular formula is C15H21N5O. The highest BCUT2D eigenvalue weighted by Crippen LogP contribution is 2.08. The summed E-state index contributed by atoms with van der Waals surface area (Å²) in [4.78, 5) is 12.8. The highest BCUT2D eigenvalue weighted by atomic mass is 16.2. The summed E-state index contributed by atoms with van der Waals surface area (Å²) in [5, 5.41) is 10.3. The maximum atomic E-state index is 11.3. The molecule has 112 valence electrons. The second-order valence-corrected chi connectivity index (χ2v) is 4.92. The Kier molecular flexibility index (Phi) is 5.34. The zero-order chi connectivity index (χ0) is 15.1. The summed E-state index contributed by atoms with van der Waals surface area (Å²) in [5.41, 5.74) is 2.24. The molecule has 1 aromatic heterocycles. The van der Waals surface area contributed by atoms with Crippen LogP contribution in [0.3, 0.4) is 0 Å². The van der Waals surface area contributed by atoms with Crippen LogP contribution in [-0.2, 0) is 6.54 Å². The summed E-state index contributed by atoms with van der Waals surface area (Å²) < 4.78 is 1.83. The Morgan fingerprint density at radius 3 is 2.62 bits per heavy atom. The van der Waals surface area contributed by atoms with Crippen LogP contribution in [0.25, 0.3) is 5.69 Å². The number of carbonyl (C=O) groups excluding carboxylic acids is 1. The molecule has 2 rings (SSSR count). The van der Waals surface area contributed by atoms with E-state index in [-0.39, 0.29) is 6.03 Å². The molecule has 0 fully saturated rings. The molecule has 1 aromatic carbocycles. The Morgan fingerprint density at radius 2 is 2.00 bits per heavy atom. The smallest absolute Gasteiger partial charge is 0.316 e. The van der Waals surface area contributed by atoms with E-state index in [0.29, 0.717) is 6.54 Å². The van der Waals surface area contributed by atoms with Gasteiger partial charge in [-0.25, -0.2) is 9.48 Å². The second-order valence-electron chi connectivity index (χ2n) is 4.92. The van der Waals surface area contributed by atoms with Gasteiger partial charge in [0, 0.05) is 46.1 Å². The minimum atomic E-state index is -0.0691. The molecule has 0 atom stereocenters. The number of amides is 2. The molecule has 0 spiro atoms. The van der Waals surface area contributed by atoms with Crippen molar-refractivity contribution in [3.63, 3.8) is 0 Å². The molecule has 2 N–H and O–H groups in total. The largest absolute Gasteiger partial charge is 0.337 e. The number of urea groups is 1. The van der Waals surface area contributed by atoms with Crippen LogP contribution in [0.2, 0.25) is 0 Å². The summed E-state index contributed by atoms with van der Waals surface area (Å²) >= 11 is 0. The number of nitrogens with zero attached hydrogens (tertiary/aromatic N) is 3. The Bertz CT molecular complexity index is 548. The average Bonchev–Trinajstić information content (AvgIpc) is 3.01. The lowest BCUT2D eigenvalue weighted by Gasteiger charge is -2.12. The first-order valence-electron chi connectivity index (χ1n) is 6.91. The Labute approximate surface area is 124 Å². The maximum absolute atomic E-state index is 11.3. The van der Waals surface area contributed by atoms with E-state index in [1.807, 2.05) is 29.1 Å². The van der Waals surface area contributed by atoms with Crippen molar-refractivity contribution in [2.24, 2.45) is 0 Å². The van der Waals surface area contributed by atoms with E-state index in [0.717, 1.165) is 18.8 Å². The maximum Gasteiger partial charge on any atom is 0.316 e. The van der Waals surface area contributed by atoms with Gasteiger partial charge in [-0.2, -0.15) is 5.10 Å². The molecule has 1 heterocycles. The van der Waals surface area contributed by atoms with E-state index in [2.05, 4.69) is 27.9 Å². The molecular weight excluding hydrogens is 266 g/mol. The lowest BCUT2D eigenvalue weighted by atomic mass is 10.2. The Morgan fingerprint density at radius 1 is 1.24 bits per heavy atom. The van der Waals surface area contributed by atoms with E-state index >= 15 is 0 Å². The van der Waals surface area contributed by atoms with E-state index in [1.165, 1.54) is 10.5 Å². The molecule has 0 saturated carbocycles. The minimum absolute atomic E-state index is 0.0691. The zero-order valence-electron chi connectivity index (χ0n) is 12.4. The normalized spacial score (nSPS) is 10.4. The van der Waals surface area contributed by atoms with E-state index < -0.39 is 0 Å². The molecule has 0 aliphatic carbocycles. The van der Waals surface area contributed by atoms with Crippen molar-refractivity contribution >= 4 is 6.03 Å².